The highest BCUT2D eigenvalue weighted by atomic mass is 16.5. The van der Waals surface area contributed by atoms with Gasteiger partial charge in [-0.25, -0.2) is 0 Å². The number of ether oxygens (including phenoxy) is 1. The van der Waals surface area contributed by atoms with E-state index in [1.807, 2.05) is 12.2 Å². The van der Waals surface area contributed by atoms with Crippen LogP contribution in [0.15, 0.2) is 25.3 Å². The van der Waals surface area contributed by atoms with Crippen LogP contribution in [-0.2, 0) is 9.53 Å². The zero-order valence-corrected chi connectivity index (χ0v) is 23.0. The molecular formula is C32H60O2. The molecule has 0 saturated carbocycles. The highest BCUT2D eigenvalue weighted by Crippen LogP contribution is 2.14. The molecule has 200 valence electrons. The summed E-state index contributed by atoms with van der Waals surface area (Å²) in [5.41, 5.74) is 0. The lowest BCUT2D eigenvalue weighted by molar-refractivity contribution is -0.143. The van der Waals surface area contributed by atoms with Crippen LogP contribution < -0.4 is 0 Å². The molecule has 0 bridgehead atoms. The van der Waals surface area contributed by atoms with Crippen LogP contribution in [0.3, 0.4) is 0 Å². The van der Waals surface area contributed by atoms with Gasteiger partial charge in [-0.05, 0) is 38.5 Å². The number of esters is 1. The quantitative estimate of drug-likeness (QED) is 0.0609. The van der Waals surface area contributed by atoms with Crippen molar-refractivity contribution in [2.24, 2.45) is 0 Å². The molecule has 0 rings (SSSR count). The molecule has 0 unspecified atom stereocenters. The highest BCUT2D eigenvalue weighted by Gasteiger charge is 2.02. The zero-order chi connectivity index (χ0) is 24.8. The summed E-state index contributed by atoms with van der Waals surface area (Å²) in [6, 6.07) is 0. The van der Waals surface area contributed by atoms with Crippen molar-refractivity contribution in [1.29, 1.82) is 0 Å². The maximum Gasteiger partial charge on any atom is 0.305 e. The van der Waals surface area contributed by atoms with Gasteiger partial charge in [-0.15, -0.1) is 13.2 Å². The van der Waals surface area contributed by atoms with Crippen molar-refractivity contribution >= 4 is 5.97 Å². The Bertz CT molecular complexity index is 429. The maximum absolute atomic E-state index is 11.8. The molecule has 0 aliphatic rings. The van der Waals surface area contributed by atoms with Crippen molar-refractivity contribution in [1.82, 2.24) is 0 Å². The minimum Gasteiger partial charge on any atom is -0.466 e. The molecule has 0 aromatic carbocycles. The standard InChI is InChI=1S/C32H60O2/c1-3-5-7-9-11-13-15-17-19-21-23-25-27-29-31-34-32(33)30-28-26-24-22-20-18-16-14-12-10-8-6-4-2/h3-4H,1-2,5-31H2. The van der Waals surface area contributed by atoms with Crippen molar-refractivity contribution < 1.29 is 9.53 Å². The minimum atomic E-state index is 0.0148. The van der Waals surface area contributed by atoms with Gasteiger partial charge < -0.3 is 4.74 Å². The summed E-state index contributed by atoms with van der Waals surface area (Å²) in [6.45, 7) is 8.17. The van der Waals surface area contributed by atoms with E-state index in [1.165, 1.54) is 148 Å². The van der Waals surface area contributed by atoms with Crippen LogP contribution in [0.4, 0.5) is 0 Å². The lowest BCUT2D eigenvalue weighted by Crippen LogP contribution is -2.05. The smallest absolute Gasteiger partial charge is 0.305 e. The van der Waals surface area contributed by atoms with Crippen LogP contribution in [0.5, 0.6) is 0 Å². The van der Waals surface area contributed by atoms with Gasteiger partial charge in [0, 0.05) is 6.42 Å². The molecular weight excluding hydrogens is 416 g/mol. The third-order valence-corrected chi connectivity index (χ3v) is 6.85. The van der Waals surface area contributed by atoms with E-state index < -0.39 is 0 Å². The van der Waals surface area contributed by atoms with Gasteiger partial charge in [0.2, 0.25) is 0 Å². The van der Waals surface area contributed by atoms with Gasteiger partial charge in [-0.1, -0.05) is 134 Å². The first-order chi connectivity index (χ1) is 16.8. The van der Waals surface area contributed by atoms with Crippen LogP contribution in [0.2, 0.25) is 0 Å². The van der Waals surface area contributed by atoms with Crippen LogP contribution >= 0.6 is 0 Å². The van der Waals surface area contributed by atoms with E-state index in [4.69, 9.17) is 4.74 Å². The molecule has 0 aromatic heterocycles. The second-order valence-electron chi connectivity index (χ2n) is 10.3. The van der Waals surface area contributed by atoms with E-state index >= 15 is 0 Å². The molecule has 0 aliphatic carbocycles. The minimum absolute atomic E-state index is 0.0148. The number of hydrogen-bond donors (Lipinski definition) is 0. The van der Waals surface area contributed by atoms with Gasteiger partial charge in [0.05, 0.1) is 6.61 Å². The highest BCUT2D eigenvalue weighted by molar-refractivity contribution is 5.69. The normalized spacial score (nSPS) is 10.9. The van der Waals surface area contributed by atoms with Gasteiger partial charge in [-0.3, -0.25) is 4.79 Å². The van der Waals surface area contributed by atoms with Crippen LogP contribution in [-0.4, -0.2) is 12.6 Å². The maximum atomic E-state index is 11.8. The topological polar surface area (TPSA) is 26.3 Å². The third kappa shape index (κ3) is 29.0. The lowest BCUT2D eigenvalue weighted by Gasteiger charge is -2.06. The summed E-state index contributed by atoms with van der Waals surface area (Å²) < 4.78 is 5.41. The van der Waals surface area contributed by atoms with Crippen molar-refractivity contribution in [3.63, 3.8) is 0 Å². The van der Waals surface area contributed by atoms with Crippen molar-refractivity contribution in [3.8, 4) is 0 Å². The number of unbranched alkanes of at least 4 members (excludes halogenated alkanes) is 23. The first-order valence-corrected chi connectivity index (χ1v) is 15.2. The van der Waals surface area contributed by atoms with Crippen LogP contribution in [0.25, 0.3) is 0 Å². The fraction of sp³-hybridized carbons (Fsp3) is 0.844. The van der Waals surface area contributed by atoms with Gasteiger partial charge >= 0.3 is 5.97 Å². The van der Waals surface area contributed by atoms with Crippen molar-refractivity contribution in [3.05, 3.63) is 25.3 Å². The summed E-state index contributed by atoms with van der Waals surface area (Å²) in [5, 5.41) is 0. The average molecular weight is 477 g/mol. The molecule has 34 heavy (non-hydrogen) atoms. The number of carbonyl (C=O) groups excluding carboxylic acids is 1. The molecule has 0 amide bonds. The van der Waals surface area contributed by atoms with Gasteiger partial charge in [0.1, 0.15) is 0 Å². The molecule has 2 heteroatoms. The number of allylic oxidation sites excluding steroid dienone is 2. The number of hydrogen-bond acceptors (Lipinski definition) is 2. The summed E-state index contributed by atoms with van der Waals surface area (Å²) in [5.74, 6) is 0.0148. The molecule has 0 heterocycles. The molecule has 0 radical (unpaired) electrons. The molecule has 0 saturated heterocycles. The lowest BCUT2D eigenvalue weighted by atomic mass is 10.0. The Labute approximate surface area is 214 Å². The Morgan fingerprint density at radius 1 is 0.441 bits per heavy atom. The Hall–Kier alpha value is -1.05. The number of carbonyl (C=O) groups is 1. The molecule has 0 aliphatic heterocycles. The summed E-state index contributed by atoms with van der Waals surface area (Å²) in [6.07, 6.45) is 37.2. The second kappa shape index (κ2) is 30.0. The molecule has 2 nitrogen and oxygen atoms in total. The Balaban J connectivity index is 3.15. The molecule has 0 N–H and O–H groups in total. The molecule has 0 aromatic rings. The Morgan fingerprint density at radius 2 is 0.735 bits per heavy atom. The van der Waals surface area contributed by atoms with E-state index in [1.54, 1.807) is 0 Å². The van der Waals surface area contributed by atoms with Gasteiger partial charge in [-0.2, -0.15) is 0 Å². The largest absolute Gasteiger partial charge is 0.466 e. The SMILES string of the molecule is C=CCCCCCCCCCCCCCCOC(=O)CCCCCCCCCCCCCC=C. The molecule has 0 atom stereocenters. The predicted octanol–water partition coefficient (Wildman–Crippen LogP) is 11.0. The van der Waals surface area contributed by atoms with Gasteiger partial charge in [0.25, 0.3) is 0 Å². The average Bonchev–Trinajstić information content (AvgIpc) is 2.84. The van der Waals surface area contributed by atoms with E-state index in [9.17, 15) is 4.79 Å². The van der Waals surface area contributed by atoms with Gasteiger partial charge in [0.15, 0.2) is 0 Å². The molecule has 0 fully saturated rings. The first-order valence-electron chi connectivity index (χ1n) is 15.2. The van der Waals surface area contributed by atoms with Crippen molar-refractivity contribution in [2.75, 3.05) is 6.61 Å². The Kier molecular flexibility index (Phi) is 29.1. The number of rotatable bonds is 29. The summed E-state index contributed by atoms with van der Waals surface area (Å²) in [7, 11) is 0. The van der Waals surface area contributed by atoms with E-state index in [0.717, 1.165) is 12.8 Å². The summed E-state index contributed by atoms with van der Waals surface area (Å²) >= 11 is 0. The van der Waals surface area contributed by atoms with Crippen LogP contribution in [0, 0.1) is 0 Å². The van der Waals surface area contributed by atoms with E-state index in [-0.39, 0.29) is 5.97 Å². The van der Waals surface area contributed by atoms with E-state index in [2.05, 4.69) is 13.2 Å². The first kappa shape index (κ1) is 33.0. The van der Waals surface area contributed by atoms with Crippen molar-refractivity contribution in [2.45, 2.75) is 167 Å². The summed E-state index contributed by atoms with van der Waals surface area (Å²) in [4.78, 5) is 11.8. The Morgan fingerprint density at radius 3 is 1.09 bits per heavy atom. The van der Waals surface area contributed by atoms with Crippen LogP contribution in [0.1, 0.15) is 167 Å². The fourth-order valence-corrected chi connectivity index (χ4v) is 4.57. The zero-order valence-electron chi connectivity index (χ0n) is 23.0. The second-order valence-corrected chi connectivity index (χ2v) is 10.3. The fourth-order valence-electron chi connectivity index (χ4n) is 4.57. The predicted molar refractivity (Wildman–Crippen MR) is 151 cm³/mol. The molecule has 0 spiro atoms. The van der Waals surface area contributed by atoms with E-state index in [0.29, 0.717) is 13.0 Å². The monoisotopic (exact) mass is 476 g/mol. The third-order valence-electron chi connectivity index (χ3n) is 6.85.